The van der Waals surface area contributed by atoms with E-state index in [-0.39, 0.29) is 11.8 Å². The summed E-state index contributed by atoms with van der Waals surface area (Å²) in [4.78, 5) is 26.3. The van der Waals surface area contributed by atoms with Crippen LogP contribution in [0.2, 0.25) is 5.02 Å². The molecule has 138 valence electrons. The lowest BCUT2D eigenvalue weighted by atomic mass is 10.1. The molecule has 0 aliphatic rings. The molecule has 0 spiro atoms. The Morgan fingerprint density at radius 1 is 1.12 bits per heavy atom. The van der Waals surface area contributed by atoms with Gasteiger partial charge in [-0.05, 0) is 55.0 Å². The van der Waals surface area contributed by atoms with Crippen molar-refractivity contribution in [3.63, 3.8) is 0 Å². The van der Waals surface area contributed by atoms with Crippen molar-refractivity contribution in [1.29, 1.82) is 0 Å². The number of amides is 2. The highest BCUT2D eigenvalue weighted by atomic mass is 35.5. The van der Waals surface area contributed by atoms with Gasteiger partial charge in [-0.2, -0.15) is 11.8 Å². The SMILES string of the molecule is CSCCC(NC(=O)c1ccccc1Cl)C(=O)Nc1cccc(SC)c1. The van der Waals surface area contributed by atoms with E-state index in [0.717, 1.165) is 10.6 Å². The van der Waals surface area contributed by atoms with E-state index in [1.54, 1.807) is 47.8 Å². The second-order valence-corrected chi connectivity index (χ2v) is 7.78. The van der Waals surface area contributed by atoms with Crippen molar-refractivity contribution in [3.05, 3.63) is 59.1 Å². The van der Waals surface area contributed by atoms with Gasteiger partial charge in [0.2, 0.25) is 5.91 Å². The zero-order chi connectivity index (χ0) is 18.9. The van der Waals surface area contributed by atoms with E-state index in [9.17, 15) is 9.59 Å². The molecule has 1 unspecified atom stereocenters. The number of hydrogen-bond acceptors (Lipinski definition) is 4. The number of hydrogen-bond donors (Lipinski definition) is 2. The molecule has 0 aliphatic carbocycles. The van der Waals surface area contributed by atoms with Gasteiger partial charge < -0.3 is 10.6 Å². The van der Waals surface area contributed by atoms with E-state index in [1.165, 1.54) is 0 Å². The second-order valence-electron chi connectivity index (χ2n) is 5.51. The summed E-state index contributed by atoms with van der Waals surface area (Å²) in [5.41, 5.74) is 1.07. The first-order chi connectivity index (χ1) is 12.5. The molecule has 0 saturated carbocycles. The molecule has 4 nitrogen and oxygen atoms in total. The molecule has 2 aromatic rings. The van der Waals surface area contributed by atoms with Crippen molar-refractivity contribution in [1.82, 2.24) is 5.32 Å². The average Bonchev–Trinajstić information content (AvgIpc) is 2.65. The van der Waals surface area contributed by atoms with E-state index < -0.39 is 6.04 Å². The molecule has 2 rings (SSSR count). The number of thioether (sulfide) groups is 2. The number of nitrogens with one attached hydrogen (secondary N) is 2. The normalized spacial score (nSPS) is 11.7. The van der Waals surface area contributed by atoms with Crippen molar-refractivity contribution in [2.75, 3.05) is 23.6 Å². The first-order valence-electron chi connectivity index (χ1n) is 8.04. The van der Waals surface area contributed by atoms with Gasteiger partial charge in [-0.1, -0.05) is 29.8 Å². The predicted molar refractivity (Wildman–Crippen MR) is 113 cm³/mol. The Morgan fingerprint density at radius 3 is 2.58 bits per heavy atom. The summed E-state index contributed by atoms with van der Waals surface area (Å²) < 4.78 is 0. The first kappa shape index (κ1) is 20.7. The van der Waals surface area contributed by atoms with Crippen LogP contribution >= 0.6 is 35.1 Å². The maximum atomic E-state index is 12.7. The second kappa shape index (κ2) is 10.5. The number of carbonyl (C=O) groups is 2. The quantitative estimate of drug-likeness (QED) is 0.629. The molecule has 2 aromatic carbocycles. The summed E-state index contributed by atoms with van der Waals surface area (Å²) in [7, 11) is 0. The zero-order valence-electron chi connectivity index (χ0n) is 14.6. The Morgan fingerprint density at radius 2 is 1.88 bits per heavy atom. The highest BCUT2D eigenvalue weighted by Crippen LogP contribution is 2.20. The number of halogens is 1. The van der Waals surface area contributed by atoms with Gasteiger partial charge in [0.05, 0.1) is 10.6 Å². The van der Waals surface area contributed by atoms with Crippen LogP contribution < -0.4 is 10.6 Å². The molecular weight excluding hydrogens is 388 g/mol. The Bertz CT molecular complexity index is 771. The van der Waals surface area contributed by atoms with Crippen LogP contribution in [0.5, 0.6) is 0 Å². The molecule has 0 aliphatic heterocycles. The Balaban J connectivity index is 2.11. The largest absolute Gasteiger partial charge is 0.340 e. The third kappa shape index (κ3) is 5.97. The third-order valence-corrected chi connectivity index (χ3v) is 5.39. The van der Waals surface area contributed by atoms with Crippen LogP contribution in [-0.2, 0) is 4.79 Å². The minimum absolute atomic E-state index is 0.238. The van der Waals surface area contributed by atoms with Crippen LogP contribution in [0.4, 0.5) is 5.69 Å². The maximum Gasteiger partial charge on any atom is 0.253 e. The molecule has 0 fully saturated rings. The Hall–Kier alpha value is -1.63. The maximum absolute atomic E-state index is 12.7. The number of carbonyl (C=O) groups excluding carboxylic acids is 2. The Labute approximate surface area is 167 Å². The highest BCUT2D eigenvalue weighted by molar-refractivity contribution is 7.98. The van der Waals surface area contributed by atoms with E-state index >= 15 is 0 Å². The van der Waals surface area contributed by atoms with Crippen LogP contribution in [0.3, 0.4) is 0 Å². The monoisotopic (exact) mass is 408 g/mol. The van der Waals surface area contributed by atoms with Crippen LogP contribution in [0, 0.1) is 0 Å². The number of benzene rings is 2. The van der Waals surface area contributed by atoms with Crippen LogP contribution in [0.25, 0.3) is 0 Å². The average molecular weight is 409 g/mol. The Kier molecular flexibility index (Phi) is 8.35. The standard InChI is InChI=1S/C19H21ClN2O2S2/c1-25-11-10-17(22-18(23)15-8-3-4-9-16(15)20)19(24)21-13-6-5-7-14(12-13)26-2/h3-9,12,17H,10-11H2,1-2H3,(H,21,24)(H,22,23). The van der Waals surface area contributed by atoms with E-state index in [1.807, 2.05) is 36.8 Å². The molecule has 0 heterocycles. The van der Waals surface area contributed by atoms with Gasteiger partial charge in [-0.3, -0.25) is 9.59 Å². The lowest BCUT2D eigenvalue weighted by molar-refractivity contribution is -0.118. The summed E-state index contributed by atoms with van der Waals surface area (Å²) >= 11 is 9.31. The topological polar surface area (TPSA) is 58.2 Å². The summed E-state index contributed by atoms with van der Waals surface area (Å²) in [5.74, 6) is 0.165. The molecule has 2 N–H and O–H groups in total. The molecule has 0 saturated heterocycles. The van der Waals surface area contributed by atoms with Crippen molar-refractivity contribution in [2.45, 2.75) is 17.4 Å². The molecule has 7 heteroatoms. The summed E-state index contributed by atoms with van der Waals surface area (Å²) in [6.45, 7) is 0. The van der Waals surface area contributed by atoms with Crippen molar-refractivity contribution >= 4 is 52.6 Å². The van der Waals surface area contributed by atoms with Crippen LogP contribution in [0.15, 0.2) is 53.4 Å². The van der Waals surface area contributed by atoms with E-state index in [2.05, 4.69) is 10.6 Å². The lowest BCUT2D eigenvalue weighted by Crippen LogP contribution is -2.44. The van der Waals surface area contributed by atoms with E-state index in [0.29, 0.717) is 22.7 Å². The number of anilines is 1. The highest BCUT2D eigenvalue weighted by Gasteiger charge is 2.22. The van der Waals surface area contributed by atoms with Gasteiger partial charge in [0.15, 0.2) is 0 Å². The minimum Gasteiger partial charge on any atom is -0.340 e. The fourth-order valence-electron chi connectivity index (χ4n) is 2.32. The first-order valence-corrected chi connectivity index (χ1v) is 11.0. The predicted octanol–water partition coefficient (Wildman–Crippen LogP) is 4.55. The van der Waals surface area contributed by atoms with Gasteiger partial charge in [0, 0.05) is 10.6 Å². The van der Waals surface area contributed by atoms with Crippen LogP contribution in [0.1, 0.15) is 16.8 Å². The molecule has 0 bridgehead atoms. The molecule has 0 radical (unpaired) electrons. The number of rotatable bonds is 8. The van der Waals surface area contributed by atoms with E-state index in [4.69, 9.17) is 11.6 Å². The molecular formula is C19H21ClN2O2S2. The van der Waals surface area contributed by atoms with Gasteiger partial charge in [-0.15, -0.1) is 11.8 Å². The fraction of sp³-hybridized carbons (Fsp3) is 0.263. The molecule has 26 heavy (non-hydrogen) atoms. The van der Waals surface area contributed by atoms with Crippen molar-refractivity contribution < 1.29 is 9.59 Å². The van der Waals surface area contributed by atoms with Gasteiger partial charge in [-0.25, -0.2) is 0 Å². The van der Waals surface area contributed by atoms with Gasteiger partial charge in [0.25, 0.3) is 5.91 Å². The van der Waals surface area contributed by atoms with Gasteiger partial charge >= 0.3 is 0 Å². The lowest BCUT2D eigenvalue weighted by Gasteiger charge is -2.19. The van der Waals surface area contributed by atoms with Crippen molar-refractivity contribution in [2.24, 2.45) is 0 Å². The summed E-state index contributed by atoms with van der Waals surface area (Å²) in [6, 6.07) is 13.8. The summed E-state index contributed by atoms with van der Waals surface area (Å²) in [6.07, 6.45) is 4.48. The van der Waals surface area contributed by atoms with Gasteiger partial charge in [0.1, 0.15) is 6.04 Å². The summed E-state index contributed by atoms with van der Waals surface area (Å²) in [5, 5.41) is 6.05. The van der Waals surface area contributed by atoms with Crippen LogP contribution in [-0.4, -0.2) is 36.1 Å². The van der Waals surface area contributed by atoms with Crippen molar-refractivity contribution in [3.8, 4) is 0 Å². The molecule has 0 aromatic heterocycles. The molecule has 1 atom stereocenters. The smallest absolute Gasteiger partial charge is 0.253 e. The minimum atomic E-state index is -0.635. The zero-order valence-corrected chi connectivity index (χ0v) is 17.0. The molecule has 2 amide bonds. The third-order valence-electron chi connectivity index (χ3n) is 3.69. The fourth-order valence-corrected chi connectivity index (χ4v) is 3.47.